The summed E-state index contributed by atoms with van der Waals surface area (Å²) in [6.45, 7) is 25.9. The van der Waals surface area contributed by atoms with E-state index in [1.807, 2.05) is 26.0 Å². The van der Waals surface area contributed by atoms with Crippen molar-refractivity contribution in [2.75, 3.05) is 45.4 Å². The molecule has 12 unspecified atom stereocenters. The topological polar surface area (TPSA) is 498 Å². The van der Waals surface area contributed by atoms with Gasteiger partial charge in [-0.05, 0) is 218 Å². The largest absolute Gasteiger partial charge is 0.459 e. The van der Waals surface area contributed by atoms with Gasteiger partial charge in [0.1, 0.15) is 129 Å². The van der Waals surface area contributed by atoms with Gasteiger partial charge in [0.15, 0.2) is 31.5 Å². The summed E-state index contributed by atoms with van der Waals surface area (Å²) in [5.74, 6) is 3.76. The SMILES string of the molecule is C.C.CCC[C@@H](C)[C@H]1CC[C@H]2[C@@H]3[C@H](O)C[C@@H]4CCCC[C@]4(C)[C@H]3C[C@H](O)[C@]12C.CCC[C@@H](C)[C@H]1CC[C@H]2[C@@H]3[C@H](O[C@@H]4OC(CO)[C@@H](O[C@H]5OC(CO)[C@@H](O)[C@H](O)C5O)[C@H](O)C4O)C[C@@H]4CCCC[C@]4(C)[C@H]3C[C@H](O[C@@H]3OC(CO)[C@@H](O[C@H]4OC(CO)[C@@H](O)[C@H](O)C4O)[C@H](O)C3O)[C@]12C.CCS[C@@H]1OC(COC(=O)c2ccccc2)[C@@H](O[C@H]2OC(COC(=O)c3ccccc3)[C@@H](C)[C@H](C)C2O)[C@H](C)C1C. The Labute approximate surface area is 827 Å². The lowest BCUT2D eigenvalue weighted by Gasteiger charge is -2.65. The molecule has 8 aliphatic carbocycles. The summed E-state index contributed by atoms with van der Waals surface area (Å²) in [6, 6.07) is 17.6. The van der Waals surface area contributed by atoms with Crippen LogP contribution in [0.5, 0.6) is 0 Å². The van der Waals surface area contributed by atoms with Crippen LogP contribution in [0.1, 0.15) is 254 Å². The number of esters is 2. The number of hydrogen-bond donors (Lipinski definition) is 17. The van der Waals surface area contributed by atoms with Crippen molar-refractivity contribution in [2.45, 2.75) is 417 Å². The highest BCUT2D eigenvalue weighted by Crippen LogP contribution is 2.72. The molecule has 796 valence electrons. The Morgan fingerprint density at radius 1 is 0.403 bits per heavy atom. The Morgan fingerprint density at radius 3 is 1.30 bits per heavy atom. The maximum Gasteiger partial charge on any atom is 0.338 e. The van der Waals surface area contributed by atoms with Crippen molar-refractivity contribution >= 4 is 23.7 Å². The Bertz CT molecular complexity index is 4070. The van der Waals surface area contributed by atoms with Gasteiger partial charge in [0.25, 0.3) is 0 Å². The van der Waals surface area contributed by atoms with E-state index in [4.69, 9.17) is 61.6 Å². The molecule has 2 aromatic rings. The van der Waals surface area contributed by atoms with Crippen LogP contribution in [-0.2, 0) is 61.6 Å². The Kier molecular flexibility index (Phi) is 40.2. The summed E-state index contributed by atoms with van der Waals surface area (Å²) in [7, 11) is 0. The van der Waals surface area contributed by atoms with Crippen LogP contribution in [0.2, 0.25) is 0 Å². The van der Waals surface area contributed by atoms with Crippen LogP contribution in [0.4, 0.5) is 0 Å². The molecule has 50 atom stereocenters. The molecule has 139 heavy (non-hydrogen) atoms. The van der Waals surface area contributed by atoms with Crippen LogP contribution in [0.3, 0.4) is 0 Å². The van der Waals surface area contributed by atoms with Gasteiger partial charge < -0.3 is 148 Å². The standard InChI is InChI=1S/C48H82O22.C32H42O8S.C24H42O2.2CH4/c1-5-8-19(2)21-10-11-22-30-23(14-29(48(21,22)4)68-44-40(62)36(58)42(28(18-52)67-44)70-46-38(60)34(56)32(54)26(16-50)65-46)47(3)12-7-6-9-20(47)13-24(30)63-43-39(61)35(57)41(27(17-51)66-43)69-45-37(59)33(55)31(53)25(15-49)64-45;1-6-41-32-22(5)21(4)28(26(39-32)18-37-30(35)24-15-11-8-12-16-24)40-31-27(33)20(3)19(2)25(38-31)17-36-29(34)23-13-9-7-10-14-23;1-5-8-15(2)17-10-11-18-22-19(14-21(26)24(17,18)4)23(3)12-7-6-9-16(23)13-20(22)25;;/h19-46,49-62H,5-18H2,1-4H3;7-16,19-22,25-28,31-33H,6,17-18H2,1-5H3;15-22,25-26H,5-14H2,1-4H3;2*1H4/t19-,20+,21-,22+,23+,24-,25?,26?,27?,28?,29+,30+,31-,32-,33+,34+,35-,36-,37?,38?,39?,40?,41-,42-,43-,44+,45-,46-,47+,48-;19-,20-,21+,22?,25?,26?,27?,28-,31+,32-;15-,16+,17-,18+,19+,20-,21+,22+,23+,24-;;/m101../s1. The number of ether oxygens (including phenoxy) is 13. The zero-order valence-corrected chi connectivity index (χ0v) is 83.4. The van der Waals surface area contributed by atoms with Gasteiger partial charge in [0, 0.05) is 5.41 Å². The van der Waals surface area contributed by atoms with Gasteiger partial charge >= 0.3 is 11.9 Å². The van der Waals surface area contributed by atoms with E-state index in [-0.39, 0.29) is 116 Å². The monoisotopic (exact) mass is 1990 g/mol. The van der Waals surface area contributed by atoms with Gasteiger partial charge in [-0.25, -0.2) is 9.59 Å². The van der Waals surface area contributed by atoms with E-state index in [0.29, 0.717) is 64.9 Å². The maximum absolute atomic E-state index is 12.7. The number of fused-ring (bicyclic) bond motifs is 10. The Morgan fingerprint density at radius 2 is 0.820 bits per heavy atom. The van der Waals surface area contributed by atoms with Gasteiger partial charge in [-0.1, -0.05) is 193 Å². The Hall–Kier alpha value is -3.39. The number of hydrogen-bond acceptors (Lipinski definition) is 33. The van der Waals surface area contributed by atoms with Gasteiger partial charge in [0.05, 0.1) is 74.2 Å². The van der Waals surface area contributed by atoms with Gasteiger partial charge in [-0.2, -0.15) is 0 Å². The minimum absolute atomic E-state index is 0. The quantitative estimate of drug-likeness (QED) is 0.0280. The van der Waals surface area contributed by atoms with E-state index in [1.165, 1.54) is 51.4 Å². The average molecular weight is 1990 g/mol. The van der Waals surface area contributed by atoms with Gasteiger partial charge in [-0.3, -0.25) is 0 Å². The van der Waals surface area contributed by atoms with Crippen molar-refractivity contribution in [3.05, 3.63) is 71.8 Å². The lowest BCUT2D eigenvalue weighted by molar-refractivity contribution is -0.375. The summed E-state index contributed by atoms with van der Waals surface area (Å²) in [4.78, 5) is 25.3. The van der Waals surface area contributed by atoms with E-state index in [1.54, 1.807) is 60.3 Å². The third-order valence-electron chi connectivity index (χ3n) is 37.3. The number of aliphatic hydroxyl groups is 17. The smallest absolute Gasteiger partial charge is 0.338 e. The summed E-state index contributed by atoms with van der Waals surface area (Å²) in [6.07, 6.45) is -15.9. The third kappa shape index (κ3) is 22.9. The molecule has 33 heteroatoms. The van der Waals surface area contributed by atoms with Gasteiger partial charge in [0.2, 0.25) is 0 Å². The summed E-state index contributed by atoms with van der Waals surface area (Å²) < 4.78 is 79.7. The molecule has 6 saturated heterocycles. The first kappa shape index (κ1) is 114. The van der Waals surface area contributed by atoms with E-state index < -0.39 is 210 Å². The van der Waals surface area contributed by atoms with Crippen molar-refractivity contribution in [1.82, 2.24) is 0 Å². The van der Waals surface area contributed by atoms with E-state index >= 15 is 0 Å². The molecule has 14 fully saturated rings. The number of thioether (sulfide) groups is 1. The maximum atomic E-state index is 12.7. The molecule has 8 saturated carbocycles. The van der Waals surface area contributed by atoms with E-state index in [9.17, 15) is 96.4 Å². The number of carbonyl (C=O) groups is 2. The lowest BCUT2D eigenvalue weighted by atomic mass is 9.43. The van der Waals surface area contributed by atoms with Gasteiger partial charge in [-0.15, -0.1) is 11.8 Å². The van der Waals surface area contributed by atoms with E-state index in [2.05, 4.69) is 76.2 Å². The molecule has 0 aromatic heterocycles. The summed E-state index contributed by atoms with van der Waals surface area (Å²) in [5.41, 5.74) is 0.454. The van der Waals surface area contributed by atoms with Crippen LogP contribution in [-0.4, -0.2) is 328 Å². The fourth-order valence-corrected chi connectivity index (χ4v) is 30.1. The predicted octanol–water partition coefficient (Wildman–Crippen LogP) is 8.59. The van der Waals surface area contributed by atoms with Crippen molar-refractivity contribution in [2.24, 2.45) is 116 Å². The second-order valence-corrected chi connectivity index (χ2v) is 45.8. The second kappa shape index (κ2) is 48.9. The number of rotatable bonds is 28. The van der Waals surface area contributed by atoms with Crippen molar-refractivity contribution in [3.63, 3.8) is 0 Å². The minimum atomic E-state index is -1.81. The molecule has 17 N–H and O–H groups in total. The number of carbonyl (C=O) groups excluding carboxylic acids is 2. The molecule has 0 radical (unpaired) electrons. The highest BCUT2D eigenvalue weighted by Gasteiger charge is 2.70. The first-order valence-corrected chi connectivity index (χ1v) is 52.9. The predicted molar refractivity (Wildman–Crippen MR) is 514 cm³/mol. The number of aliphatic hydroxyl groups excluding tert-OH is 17. The molecular weight excluding hydrogens is 1820 g/mol. The van der Waals surface area contributed by atoms with E-state index in [0.717, 1.165) is 70.0 Å². The first-order chi connectivity index (χ1) is 65.3. The molecule has 0 spiro atoms. The fraction of sp³-hybridized carbons (Fsp3) is 0.868. The highest BCUT2D eigenvalue weighted by molar-refractivity contribution is 7.99. The molecule has 0 amide bonds. The Balaban J connectivity index is 0.000000210. The number of benzene rings is 2. The average Bonchev–Trinajstić information content (AvgIpc) is 1.63. The molecule has 14 aliphatic rings. The van der Waals surface area contributed by atoms with Crippen LogP contribution in [0.25, 0.3) is 0 Å². The third-order valence-corrected chi connectivity index (χ3v) is 38.5. The zero-order chi connectivity index (χ0) is 98.9. The zero-order valence-electron chi connectivity index (χ0n) is 82.6. The fourth-order valence-electron chi connectivity index (χ4n) is 29.0. The van der Waals surface area contributed by atoms with Crippen LogP contribution >= 0.6 is 11.8 Å². The highest BCUT2D eigenvalue weighted by atomic mass is 32.2. The molecule has 2 aromatic carbocycles. The van der Waals surface area contributed by atoms with Crippen LogP contribution in [0, 0.1) is 116 Å². The normalized spacial score (nSPS) is 47.6. The molecule has 6 aliphatic heterocycles. The molecular formula is C106H174O32S. The van der Waals surface area contributed by atoms with Crippen molar-refractivity contribution < 1.29 is 158 Å². The van der Waals surface area contributed by atoms with Crippen LogP contribution < -0.4 is 0 Å². The van der Waals surface area contributed by atoms with Crippen LogP contribution in [0.15, 0.2) is 60.7 Å². The van der Waals surface area contributed by atoms with Crippen molar-refractivity contribution in [3.8, 4) is 0 Å². The van der Waals surface area contributed by atoms with Crippen molar-refractivity contribution in [1.29, 1.82) is 0 Å². The molecule has 6 heterocycles. The summed E-state index contributed by atoms with van der Waals surface area (Å²) >= 11 is 1.71. The minimum Gasteiger partial charge on any atom is -0.459 e. The molecule has 16 rings (SSSR count). The second-order valence-electron chi connectivity index (χ2n) is 44.4. The molecule has 32 nitrogen and oxygen atoms in total. The summed E-state index contributed by atoms with van der Waals surface area (Å²) in [5, 5.41) is 184. The lowest BCUT2D eigenvalue weighted by Crippen LogP contribution is -2.67. The first-order valence-electron chi connectivity index (χ1n) is 51.9. The molecule has 0 bridgehead atoms.